The van der Waals surface area contributed by atoms with Gasteiger partial charge >= 0.3 is 0 Å². The largest absolute Gasteiger partial charge is 0.353 e. The van der Waals surface area contributed by atoms with Gasteiger partial charge in [-0.2, -0.15) is 5.10 Å². The second kappa shape index (κ2) is 9.74. The lowest BCUT2D eigenvalue weighted by Crippen LogP contribution is -2.38. The Bertz CT molecular complexity index is 932. The first-order chi connectivity index (χ1) is 14.4. The van der Waals surface area contributed by atoms with E-state index >= 15 is 0 Å². The Kier molecular flexibility index (Phi) is 7.08. The van der Waals surface area contributed by atoms with Gasteiger partial charge in [-0.25, -0.2) is 5.43 Å². The smallest absolute Gasteiger partial charge is 0.249 e. The summed E-state index contributed by atoms with van der Waals surface area (Å²) in [6.07, 6.45) is 6.96. The number of rotatable bonds is 6. The Morgan fingerprint density at radius 1 is 1.07 bits per heavy atom. The van der Waals surface area contributed by atoms with Crippen LogP contribution in [0, 0.1) is 27.7 Å². The van der Waals surface area contributed by atoms with Crippen molar-refractivity contribution in [1.29, 1.82) is 0 Å². The molecule has 2 N–H and O–H groups in total. The number of benzene rings is 1. The molecule has 0 unspecified atom stereocenters. The summed E-state index contributed by atoms with van der Waals surface area (Å²) in [6, 6.07) is 8.52. The topological polar surface area (TPSA) is 75.5 Å². The van der Waals surface area contributed by atoms with Crippen molar-refractivity contribution < 1.29 is 9.59 Å². The predicted molar refractivity (Wildman–Crippen MR) is 120 cm³/mol. The van der Waals surface area contributed by atoms with Crippen LogP contribution < -0.4 is 10.7 Å². The molecular formula is C24H32N4O2. The number of aryl methyl sites for hydroxylation is 3. The van der Waals surface area contributed by atoms with E-state index in [9.17, 15) is 9.59 Å². The van der Waals surface area contributed by atoms with Crippen LogP contribution in [0.4, 0.5) is 0 Å². The molecule has 0 bridgehead atoms. The molecule has 160 valence electrons. The number of nitrogens with one attached hydrogen (secondary N) is 2. The van der Waals surface area contributed by atoms with Gasteiger partial charge in [-0.3, -0.25) is 9.59 Å². The molecule has 0 aliphatic heterocycles. The van der Waals surface area contributed by atoms with E-state index < -0.39 is 5.91 Å². The normalized spacial score (nSPS) is 14.8. The monoisotopic (exact) mass is 408 g/mol. The molecule has 6 nitrogen and oxygen atoms in total. The van der Waals surface area contributed by atoms with E-state index in [4.69, 9.17) is 0 Å². The minimum atomic E-state index is -0.400. The van der Waals surface area contributed by atoms with Crippen molar-refractivity contribution in [2.24, 2.45) is 5.10 Å². The van der Waals surface area contributed by atoms with Crippen molar-refractivity contribution >= 4 is 18.0 Å². The molecule has 0 saturated heterocycles. The molecule has 30 heavy (non-hydrogen) atoms. The van der Waals surface area contributed by atoms with Crippen LogP contribution >= 0.6 is 0 Å². The molecule has 1 aromatic carbocycles. The van der Waals surface area contributed by atoms with Crippen LogP contribution in [-0.2, 0) is 9.59 Å². The molecule has 0 atom stereocenters. The molecule has 6 heteroatoms. The number of para-hydroxylation sites is 1. The quantitative estimate of drug-likeness (QED) is 0.431. The zero-order valence-corrected chi connectivity index (χ0v) is 18.4. The van der Waals surface area contributed by atoms with Crippen LogP contribution in [0.15, 0.2) is 29.4 Å². The van der Waals surface area contributed by atoms with Crippen molar-refractivity contribution in [3.63, 3.8) is 0 Å². The molecule has 2 aromatic rings. The Labute approximate surface area is 178 Å². The van der Waals surface area contributed by atoms with Crippen LogP contribution in [0.1, 0.15) is 66.6 Å². The second-order valence-electron chi connectivity index (χ2n) is 8.27. The van der Waals surface area contributed by atoms with Gasteiger partial charge in [0.2, 0.25) is 11.8 Å². The zero-order valence-electron chi connectivity index (χ0n) is 18.4. The fourth-order valence-corrected chi connectivity index (χ4v) is 4.31. The summed E-state index contributed by atoms with van der Waals surface area (Å²) < 4.78 is 2.21. The van der Waals surface area contributed by atoms with E-state index in [1.807, 2.05) is 13.0 Å². The van der Waals surface area contributed by atoms with Crippen LogP contribution in [0.2, 0.25) is 0 Å². The summed E-state index contributed by atoms with van der Waals surface area (Å²) in [6.45, 7) is 8.31. The molecule has 1 aromatic heterocycles. The average Bonchev–Trinajstić information content (AvgIpc) is 2.96. The van der Waals surface area contributed by atoms with Gasteiger partial charge in [0.1, 0.15) is 6.42 Å². The summed E-state index contributed by atoms with van der Waals surface area (Å²) in [4.78, 5) is 24.1. The molecule has 0 spiro atoms. The fraction of sp³-hybridized carbons (Fsp3) is 0.458. The number of hydrogen-bond donors (Lipinski definition) is 2. The Morgan fingerprint density at radius 3 is 2.40 bits per heavy atom. The summed E-state index contributed by atoms with van der Waals surface area (Å²) in [7, 11) is 0. The first-order valence-electron chi connectivity index (χ1n) is 10.7. The van der Waals surface area contributed by atoms with E-state index in [1.54, 1.807) is 6.21 Å². The van der Waals surface area contributed by atoms with Crippen molar-refractivity contribution in [3.8, 4) is 5.69 Å². The SMILES string of the molecule is Cc1cccc(C)c1-n1c(C)cc(C=NNC(=O)CC(=O)NC2CCCCC2)c1C. The van der Waals surface area contributed by atoms with Gasteiger partial charge in [0.05, 0.1) is 11.9 Å². The molecular weight excluding hydrogens is 376 g/mol. The summed E-state index contributed by atoms with van der Waals surface area (Å²) in [5.74, 6) is -0.633. The molecule has 1 aliphatic carbocycles. The number of hydrogen-bond acceptors (Lipinski definition) is 3. The van der Waals surface area contributed by atoms with Crippen LogP contribution in [-0.4, -0.2) is 28.6 Å². The summed E-state index contributed by atoms with van der Waals surface area (Å²) in [5, 5.41) is 7.03. The standard InChI is InChI=1S/C24H32N4O2/c1-16-9-8-10-17(2)24(16)28-18(3)13-20(19(28)4)15-25-27-23(30)14-22(29)26-21-11-6-5-7-12-21/h8-10,13,15,21H,5-7,11-12,14H2,1-4H3,(H,26,29)(H,27,30). The number of carbonyl (C=O) groups excluding carboxylic acids is 2. The van der Waals surface area contributed by atoms with Crippen molar-refractivity contribution in [2.75, 3.05) is 0 Å². The fourth-order valence-electron chi connectivity index (χ4n) is 4.31. The maximum Gasteiger partial charge on any atom is 0.249 e. The third kappa shape index (κ3) is 5.17. The third-order valence-corrected chi connectivity index (χ3v) is 5.82. The number of amides is 2. The Hall–Kier alpha value is -2.89. The lowest BCUT2D eigenvalue weighted by Gasteiger charge is -2.22. The van der Waals surface area contributed by atoms with Gasteiger partial charge in [-0.05, 0) is 57.7 Å². The lowest BCUT2D eigenvalue weighted by molar-refractivity contribution is -0.129. The first kappa shape index (κ1) is 21.8. The molecule has 1 heterocycles. The first-order valence-corrected chi connectivity index (χ1v) is 10.7. The zero-order chi connectivity index (χ0) is 21.7. The minimum absolute atomic E-state index is 0.199. The van der Waals surface area contributed by atoms with Gasteiger partial charge in [0.15, 0.2) is 0 Å². The Balaban J connectivity index is 1.61. The Morgan fingerprint density at radius 2 is 1.73 bits per heavy atom. The van der Waals surface area contributed by atoms with Gasteiger partial charge < -0.3 is 9.88 Å². The van der Waals surface area contributed by atoms with Gasteiger partial charge in [-0.1, -0.05) is 37.5 Å². The van der Waals surface area contributed by atoms with Crippen molar-refractivity contribution in [2.45, 2.75) is 72.3 Å². The number of nitrogens with zero attached hydrogens (tertiary/aromatic N) is 2. The van der Waals surface area contributed by atoms with Gasteiger partial charge in [0.25, 0.3) is 0 Å². The molecule has 1 fully saturated rings. The van der Waals surface area contributed by atoms with Crippen LogP contribution in [0.25, 0.3) is 5.69 Å². The van der Waals surface area contributed by atoms with Crippen molar-refractivity contribution in [1.82, 2.24) is 15.3 Å². The number of hydrazone groups is 1. The highest BCUT2D eigenvalue weighted by Gasteiger charge is 2.17. The lowest BCUT2D eigenvalue weighted by atomic mass is 9.95. The molecule has 1 saturated carbocycles. The number of carbonyl (C=O) groups is 2. The van der Waals surface area contributed by atoms with Crippen molar-refractivity contribution in [3.05, 3.63) is 52.3 Å². The molecule has 2 amide bonds. The van der Waals surface area contributed by atoms with Gasteiger partial charge in [0, 0.05) is 23.0 Å². The van der Waals surface area contributed by atoms with E-state index in [1.165, 1.54) is 23.2 Å². The van der Waals surface area contributed by atoms with Crippen LogP contribution in [0.5, 0.6) is 0 Å². The molecule has 1 aliphatic rings. The summed E-state index contributed by atoms with van der Waals surface area (Å²) in [5.41, 5.74) is 9.15. The summed E-state index contributed by atoms with van der Waals surface area (Å²) >= 11 is 0. The van der Waals surface area contributed by atoms with Crippen LogP contribution in [0.3, 0.4) is 0 Å². The van der Waals surface area contributed by atoms with E-state index in [0.29, 0.717) is 0 Å². The molecule has 3 rings (SSSR count). The number of aromatic nitrogens is 1. The predicted octanol–water partition coefficient (Wildman–Crippen LogP) is 4.00. The second-order valence-corrected chi connectivity index (χ2v) is 8.27. The van der Waals surface area contributed by atoms with E-state index in [0.717, 1.165) is 42.6 Å². The highest BCUT2D eigenvalue weighted by Crippen LogP contribution is 2.25. The maximum absolute atomic E-state index is 12.1. The minimum Gasteiger partial charge on any atom is -0.353 e. The third-order valence-electron chi connectivity index (χ3n) is 5.82. The van der Waals surface area contributed by atoms with Gasteiger partial charge in [-0.15, -0.1) is 0 Å². The highest BCUT2D eigenvalue weighted by atomic mass is 16.2. The molecule has 0 radical (unpaired) electrons. The average molecular weight is 409 g/mol. The highest BCUT2D eigenvalue weighted by molar-refractivity contribution is 5.97. The maximum atomic E-state index is 12.1. The van der Waals surface area contributed by atoms with E-state index in [-0.39, 0.29) is 18.4 Å². The van der Waals surface area contributed by atoms with E-state index in [2.05, 4.69) is 59.4 Å².